The number of carbonyl (C=O) groups excluding carboxylic acids is 1. The van der Waals surface area contributed by atoms with Crippen molar-refractivity contribution in [3.8, 4) is 0 Å². The highest BCUT2D eigenvalue weighted by atomic mass is 17.2. The van der Waals surface area contributed by atoms with Crippen molar-refractivity contribution in [2.75, 3.05) is 0 Å². The number of hydrogen-bond acceptors (Lipinski definition) is 3. The molecule has 4 nitrogen and oxygen atoms in total. The molecule has 0 unspecified atom stereocenters. The van der Waals surface area contributed by atoms with E-state index < -0.39 is 11.7 Å². The summed E-state index contributed by atoms with van der Waals surface area (Å²) in [6, 6.07) is 0. The predicted octanol–water partition coefficient (Wildman–Crippen LogP) is 1.14. The molecule has 1 radical (unpaired) electrons. The topological polar surface area (TPSA) is 59.3 Å². The summed E-state index contributed by atoms with van der Waals surface area (Å²) in [6.45, 7) is 5.15. The first-order valence-corrected chi connectivity index (χ1v) is 2.53. The van der Waals surface area contributed by atoms with Gasteiger partial charge in [0, 0.05) is 0 Å². The Bertz CT molecular complexity index is 105. The van der Waals surface area contributed by atoms with E-state index in [0.717, 1.165) is 0 Å². The lowest BCUT2D eigenvalue weighted by molar-refractivity contribution is -0.298. The monoisotopic (exact) mass is 132 g/mol. The lowest BCUT2D eigenvalue weighted by Crippen LogP contribution is -2.21. The molecule has 0 bridgehead atoms. The van der Waals surface area contributed by atoms with Crippen molar-refractivity contribution in [2.24, 2.45) is 0 Å². The van der Waals surface area contributed by atoms with Crippen LogP contribution < -0.4 is 5.73 Å². The molecule has 0 rings (SSSR count). The van der Waals surface area contributed by atoms with E-state index in [-0.39, 0.29) is 0 Å². The van der Waals surface area contributed by atoms with Crippen molar-refractivity contribution in [1.29, 1.82) is 0 Å². The summed E-state index contributed by atoms with van der Waals surface area (Å²) in [7, 11) is 0. The van der Waals surface area contributed by atoms with Crippen LogP contribution in [0.15, 0.2) is 0 Å². The molecular formula is C5H10NO3. The molecule has 0 aliphatic rings. The largest absolute Gasteiger partial charge is 0.457 e. The van der Waals surface area contributed by atoms with Crippen LogP contribution in [0.2, 0.25) is 0 Å². The fourth-order valence-corrected chi connectivity index (χ4v) is 0.163. The number of rotatable bonds is 1. The smallest absolute Gasteiger partial charge is 0.273 e. The van der Waals surface area contributed by atoms with E-state index in [1.807, 2.05) is 0 Å². The van der Waals surface area contributed by atoms with E-state index in [4.69, 9.17) is 5.73 Å². The number of carbonyl (C=O) groups is 1. The van der Waals surface area contributed by atoms with Crippen LogP contribution in [-0.2, 0) is 9.78 Å². The van der Waals surface area contributed by atoms with Crippen molar-refractivity contribution in [3.63, 3.8) is 0 Å². The van der Waals surface area contributed by atoms with Crippen LogP contribution in [0.1, 0.15) is 20.8 Å². The maximum Gasteiger partial charge on any atom is 0.457 e. The summed E-state index contributed by atoms with van der Waals surface area (Å²) in [6.07, 6.45) is -1.18. The number of amides is 1. The fraction of sp³-hybridized carbons (Fsp3) is 0.800. The minimum Gasteiger partial charge on any atom is -0.273 e. The molecule has 9 heavy (non-hydrogen) atoms. The van der Waals surface area contributed by atoms with Gasteiger partial charge >= 0.3 is 6.09 Å². The van der Waals surface area contributed by atoms with E-state index in [1.54, 1.807) is 20.8 Å². The third kappa shape index (κ3) is 7.23. The second-order valence-electron chi connectivity index (χ2n) is 2.57. The molecule has 53 valence electrons. The van der Waals surface area contributed by atoms with Gasteiger partial charge < -0.3 is 0 Å². The standard InChI is InChI=1S/C5H10NO3/c1-5(2,3)9-8-4(6)7/h6H,1-3H3. The first-order chi connectivity index (χ1) is 3.92. The average Bonchev–Trinajstić information content (AvgIpc) is 1.59. The normalized spacial score (nSPS) is 11.0. The van der Waals surface area contributed by atoms with Crippen molar-refractivity contribution in [3.05, 3.63) is 0 Å². The van der Waals surface area contributed by atoms with Gasteiger partial charge in [-0.25, -0.2) is 10.5 Å². The van der Waals surface area contributed by atoms with Crippen LogP contribution in [0, 0.1) is 0 Å². The van der Waals surface area contributed by atoms with E-state index in [0.29, 0.717) is 0 Å². The third-order valence-electron chi connectivity index (χ3n) is 0.367. The molecule has 1 amide bonds. The van der Waals surface area contributed by atoms with Crippen LogP contribution in [0.25, 0.3) is 0 Å². The maximum atomic E-state index is 9.81. The van der Waals surface area contributed by atoms with Gasteiger partial charge in [0.25, 0.3) is 0 Å². The Morgan fingerprint density at radius 1 is 1.44 bits per heavy atom. The zero-order valence-corrected chi connectivity index (χ0v) is 5.72. The molecule has 0 saturated carbocycles. The van der Waals surface area contributed by atoms with Gasteiger partial charge in [-0.3, -0.25) is 4.89 Å². The Morgan fingerprint density at radius 3 is 2.00 bits per heavy atom. The van der Waals surface area contributed by atoms with Crippen molar-refractivity contribution >= 4 is 6.09 Å². The molecule has 0 aliphatic carbocycles. The summed E-state index contributed by atoms with van der Waals surface area (Å²) in [5.41, 5.74) is 5.74. The maximum absolute atomic E-state index is 9.81. The summed E-state index contributed by atoms with van der Waals surface area (Å²) in [5.74, 6) is 0. The molecule has 0 heterocycles. The predicted molar refractivity (Wildman–Crippen MR) is 30.4 cm³/mol. The minimum atomic E-state index is -1.18. The third-order valence-corrected chi connectivity index (χ3v) is 0.367. The SMILES string of the molecule is CC(C)(C)OOC([NH])=O. The Kier molecular flexibility index (Phi) is 2.45. The van der Waals surface area contributed by atoms with E-state index in [2.05, 4.69) is 9.78 Å². The highest BCUT2D eigenvalue weighted by Crippen LogP contribution is 2.06. The van der Waals surface area contributed by atoms with Gasteiger partial charge in [-0.05, 0) is 20.8 Å². The van der Waals surface area contributed by atoms with Crippen molar-refractivity contribution in [2.45, 2.75) is 26.4 Å². The van der Waals surface area contributed by atoms with E-state index in [9.17, 15) is 4.79 Å². The van der Waals surface area contributed by atoms with Crippen LogP contribution in [-0.4, -0.2) is 11.7 Å². The highest BCUT2D eigenvalue weighted by molar-refractivity contribution is 5.62. The van der Waals surface area contributed by atoms with Crippen LogP contribution >= 0.6 is 0 Å². The van der Waals surface area contributed by atoms with Gasteiger partial charge in [0.15, 0.2) is 0 Å². The van der Waals surface area contributed by atoms with Crippen molar-refractivity contribution < 1.29 is 14.6 Å². The zero-order valence-electron chi connectivity index (χ0n) is 5.72. The second kappa shape index (κ2) is 2.68. The molecule has 1 N–H and O–H groups in total. The van der Waals surface area contributed by atoms with Crippen LogP contribution in [0.3, 0.4) is 0 Å². The first-order valence-electron chi connectivity index (χ1n) is 2.53. The van der Waals surface area contributed by atoms with Crippen LogP contribution in [0.5, 0.6) is 0 Å². The molecule has 0 aromatic carbocycles. The Labute approximate surface area is 53.9 Å². The summed E-state index contributed by atoms with van der Waals surface area (Å²) in [4.78, 5) is 18.2. The molecule has 0 aromatic rings. The highest BCUT2D eigenvalue weighted by Gasteiger charge is 2.13. The molecule has 0 aliphatic heterocycles. The van der Waals surface area contributed by atoms with Gasteiger partial charge in [0.05, 0.1) is 0 Å². The molecule has 0 fully saturated rings. The molecule has 0 spiro atoms. The lowest BCUT2D eigenvalue weighted by Gasteiger charge is -2.14. The average molecular weight is 132 g/mol. The van der Waals surface area contributed by atoms with Crippen molar-refractivity contribution in [1.82, 2.24) is 5.73 Å². The first kappa shape index (κ1) is 8.23. The molecule has 0 saturated heterocycles. The van der Waals surface area contributed by atoms with Gasteiger partial charge in [0.1, 0.15) is 5.60 Å². The second-order valence-corrected chi connectivity index (χ2v) is 2.57. The van der Waals surface area contributed by atoms with E-state index in [1.165, 1.54) is 0 Å². The Balaban J connectivity index is 3.39. The molecule has 0 atom stereocenters. The van der Waals surface area contributed by atoms with Gasteiger partial charge in [-0.15, -0.1) is 0 Å². The van der Waals surface area contributed by atoms with Gasteiger partial charge in [-0.1, -0.05) is 0 Å². The number of hydrogen-bond donors (Lipinski definition) is 0. The molecular weight excluding hydrogens is 122 g/mol. The van der Waals surface area contributed by atoms with Crippen LogP contribution in [0.4, 0.5) is 4.79 Å². The molecule has 4 heteroatoms. The summed E-state index contributed by atoms with van der Waals surface area (Å²) in [5, 5.41) is 0. The minimum absolute atomic E-state index is 0.531. The summed E-state index contributed by atoms with van der Waals surface area (Å²) < 4.78 is 0. The van der Waals surface area contributed by atoms with E-state index >= 15 is 0 Å². The molecule has 0 aromatic heterocycles. The summed E-state index contributed by atoms with van der Waals surface area (Å²) >= 11 is 0. The fourth-order valence-electron chi connectivity index (χ4n) is 0.163. The Morgan fingerprint density at radius 2 is 1.89 bits per heavy atom. The van der Waals surface area contributed by atoms with Gasteiger partial charge in [-0.2, -0.15) is 4.89 Å². The Hall–Kier alpha value is -0.770. The quantitative estimate of drug-likeness (QED) is 0.397. The zero-order chi connectivity index (χ0) is 7.49. The number of nitrogens with one attached hydrogen (secondary N) is 1. The lowest BCUT2D eigenvalue weighted by atomic mass is 10.2. The van der Waals surface area contributed by atoms with Gasteiger partial charge in [0.2, 0.25) is 0 Å².